The number of benzene rings is 3. The monoisotopic (exact) mass is 469 g/mol. The molecule has 0 saturated heterocycles. The van der Waals surface area contributed by atoms with Gasteiger partial charge in [-0.05, 0) is 42.3 Å². The van der Waals surface area contributed by atoms with E-state index in [4.69, 9.17) is 0 Å². The van der Waals surface area contributed by atoms with Crippen LogP contribution in [0.2, 0.25) is 0 Å². The van der Waals surface area contributed by atoms with E-state index in [1.807, 2.05) is 83.4 Å². The molecule has 3 aromatic carbocycles. The van der Waals surface area contributed by atoms with Crippen molar-refractivity contribution in [2.45, 2.75) is 18.5 Å². The maximum absolute atomic E-state index is 12.7. The maximum Gasteiger partial charge on any atom is 0.234 e. The predicted octanol–water partition coefficient (Wildman–Crippen LogP) is 4.57. The molecule has 1 aliphatic heterocycles. The third-order valence-corrected chi connectivity index (χ3v) is 6.58. The fourth-order valence-electron chi connectivity index (χ4n) is 4.08. The Kier molecular flexibility index (Phi) is 6.14. The molecule has 0 saturated carbocycles. The van der Waals surface area contributed by atoms with Crippen molar-refractivity contribution < 1.29 is 9.59 Å². The Balaban J connectivity index is 1.32. The van der Waals surface area contributed by atoms with Gasteiger partial charge in [0, 0.05) is 36.1 Å². The van der Waals surface area contributed by atoms with Crippen molar-refractivity contribution in [2.75, 3.05) is 22.5 Å². The van der Waals surface area contributed by atoms with E-state index in [2.05, 4.69) is 15.5 Å². The first kappa shape index (κ1) is 21.9. The van der Waals surface area contributed by atoms with Gasteiger partial charge in [-0.3, -0.25) is 14.2 Å². The predicted molar refractivity (Wildman–Crippen MR) is 134 cm³/mol. The van der Waals surface area contributed by atoms with Gasteiger partial charge in [0.1, 0.15) is 0 Å². The number of hydrogen-bond acceptors (Lipinski definition) is 5. The van der Waals surface area contributed by atoms with Crippen LogP contribution >= 0.6 is 11.8 Å². The van der Waals surface area contributed by atoms with Gasteiger partial charge in [0.15, 0.2) is 11.0 Å². The zero-order valence-corrected chi connectivity index (χ0v) is 19.5. The Morgan fingerprint density at radius 2 is 1.71 bits per heavy atom. The number of fused-ring (bicyclic) bond motifs is 1. The van der Waals surface area contributed by atoms with Crippen molar-refractivity contribution in [2.24, 2.45) is 0 Å². The van der Waals surface area contributed by atoms with Crippen LogP contribution in [0.25, 0.3) is 17.1 Å². The Labute approximate surface area is 201 Å². The molecular weight excluding hydrogens is 446 g/mol. The standard InChI is InChI=1S/C26H23N5O2S/c1-18(32)30-15-14-20-16-21(12-13-23(20)30)27-24(33)17-34-26-29-28-25(19-8-4-2-5-9-19)31(26)22-10-6-3-7-11-22/h2-13,16H,14-15,17H2,1H3,(H,27,33). The average molecular weight is 470 g/mol. The fraction of sp³-hybridized carbons (Fsp3) is 0.154. The van der Waals surface area contributed by atoms with Crippen molar-refractivity contribution in [3.05, 3.63) is 84.4 Å². The van der Waals surface area contributed by atoms with Gasteiger partial charge in [0.25, 0.3) is 0 Å². The molecular formula is C26H23N5O2S. The summed E-state index contributed by atoms with van der Waals surface area (Å²) in [6, 6.07) is 25.4. The number of aromatic nitrogens is 3. The number of nitrogens with zero attached hydrogens (tertiary/aromatic N) is 4. The zero-order chi connectivity index (χ0) is 23.5. The van der Waals surface area contributed by atoms with E-state index < -0.39 is 0 Å². The largest absolute Gasteiger partial charge is 0.325 e. The SMILES string of the molecule is CC(=O)N1CCc2cc(NC(=O)CSc3nnc(-c4ccccc4)n3-c3ccccc3)ccc21. The summed E-state index contributed by atoms with van der Waals surface area (Å²) in [4.78, 5) is 26.2. The second-order valence-electron chi connectivity index (χ2n) is 7.94. The smallest absolute Gasteiger partial charge is 0.234 e. The van der Waals surface area contributed by atoms with Gasteiger partial charge in [-0.15, -0.1) is 10.2 Å². The highest BCUT2D eigenvalue weighted by molar-refractivity contribution is 7.99. The van der Waals surface area contributed by atoms with Gasteiger partial charge in [0.05, 0.1) is 5.75 Å². The molecule has 0 radical (unpaired) electrons. The van der Waals surface area contributed by atoms with Gasteiger partial charge in [0.2, 0.25) is 11.8 Å². The topological polar surface area (TPSA) is 80.1 Å². The van der Waals surface area contributed by atoms with Crippen LogP contribution < -0.4 is 10.2 Å². The summed E-state index contributed by atoms with van der Waals surface area (Å²) >= 11 is 1.34. The average Bonchev–Trinajstić information content (AvgIpc) is 3.48. The molecule has 0 bridgehead atoms. The number of nitrogens with one attached hydrogen (secondary N) is 1. The number of hydrogen-bond donors (Lipinski definition) is 1. The lowest BCUT2D eigenvalue weighted by molar-refractivity contribution is -0.116. The van der Waals surface area contributed by atoms with E-state index in [1.165, 1.54) is 11.8 Å². The molecule has 0 fully saturated rings. The number of carbonyl (C=O) groups excluding carboxylic acids is 2. The third kappa shape index (κ3) is 4.45. The number of thioether (sulfide) groups is 1. The van der Waals surface area contributed by atoms with Crippen LogP contribution in [-0.2, 0) is 16.0 Å². The molecule has 170 valence electrons. The minimum absolute atomic E-state index is 0.0318. The summed E-state index contributed by atoms with van der Waals surface area (Å²) in [5.74, 6) is 0.819. The van der Waals surface area contributed by atoms with Gasteiger partial charge in [-0.1, -0.05) is 60.3 Å². The molecule has 34 heavy (non-hydrogen) atoms. The zero-order valence-electron chi connectivity index (χ0n) is 18.6. The molecule has 0 atom stereocenters. The lowest BCUT2D eigenvalue weighted by Gasteiger charge is -2.15. The van der Waals surface area contributed by atoms with E-state index in [9.17, 15) is 9.59 Å². The highest BCUT2D eigenvalue weighted by Crippen LogP contribution is 2.31. The Morgan fingerprint density at radius 3 is 2.44 bits per heavy atom. The van der Waals surface area contributed by atoms with Crippen LogP contribution in [0, 0.1) is 0 Å². The fourth-order valence-corrected chi connectivity index (χ4v) is 4.83. The lowest BCUT2D eigenvalue weighted by Crippen LogP contribution is -2.25. The second-order valence-corrected chi connectivity index (χ2v) is 8.89. The normalized spacial score (nSPS) is 12.4. The Bertz CT molecular complexity index is 1340. The van der Waals surface area contributed by atoms with E-state index in [-0.39, 0.29) is 17.6 Å². The van der Waals surface area contributed by atoms with Crippen LogP contribution in [0.4, 0.5) is 11.4 Å². The van der Waals surface area contributed by atoms with Gasteiger partial charge >= 0.3 is 0 Å². The van der Waals surface area contributed by atoms with E-state index in [1.54, 1.807) is 11.8 Å². The van der Waals surface area contributed by atoms with Crippen LogP contribution in [0.1, 0.15) is 12.5 Å². The molecule has 0 unspecified atom stereocenters. The number of carbonyl (C=O) groups is 2. The molecule has 0 spiro atoms. The van der Waals surface area contributed by atoms with Crippen molar-refractivity contribution in [1.82, 2.24) is 14.8 Å². The van der Waals surface area contributed by atoms with Crippen LogP contribution in [0.3, 0.4) is 0 Å². The van der Waals surface area contributed by atoms with Gasteiger partial charge in [-0.25, -0.2) is 0 Å². The Morgan fingerprint density at radius 1 is 0.971 bits per heavy atom. The van der Waals surface area contributed by atoms with Crippen LogP contribution in [0.15, 0.2) is 84.0 Å². The summed E-state index contributed by atoms with van der Waals surface area (Å²) in [5.41, 5.74) is 4.60. The van der Waals surface area contributed by atoms with Gasteiger partial charge in [-0.2, -0.15) is 0 Å². The number of anilines is 2. The Hall–Kier alpha value is -3.91. The first-order valence-corrected chi connectivity index (χ1v) is 12.0. The number of amides is 2. The summed E-state index contributed by atoms with van der Waals surface area (Å²) in [5, 5.41) is 12.4. The molecule has 4 aromatic rings. The minimum atomic E-state index is -0.129. The van der Waals surface area contributed by atoms with Crippen molar-refractivity contribution >= 4 is 35.0 Å². The molecule has 0 aliphatic carbocycles. The van der Waals surface area contributed by atoms with Crippen LogP contribution in [0.5, 0.6) is 0 Å². The molecule has 1 aromatic heterocycles. The quantitative estimate of drug-likeness (QED) is 0.418. The molecule has 7 nitrogen and oxygen atoms in total. The molecule has 1 aliphatic rings. The molecule has 2 amide bonds. The molecule has 1 N–H and O–H groups in total. The van der Waals surface area contributed by atoms with E-state index in [0.29, 0.717) is 11.7 Å². The third-order valence-electron chi connectivity index (χ3n) is 5.65. The van der Waals surface area contributed by atoms with Crippen molar-refractivity contribution in [1.29, 1.82) is 0 Å². The summed E-state index contributed by atoms with van der Waals surface area (Å²) < 4.78 is 1.97. The maximum atomic E-state index is 12.7. The van der Waals surface area contributed by atoms with E-state index in [0.717, 1.165) is 40.4 Å². The second kappa shape index (κ2) is 9.52. The molecule has 8 heteroatoms. The summed E-state index contributed by atoms with van der Waals surface area (Å²) in [7, 11) is 0. The van der Waals surface area contributed by atoms with Crippen LogP contribution in [-0.4, -0.2) is 38.9 Å². The summed E-state index contributed by atoms with van der Waals surface area (Å²) in [6.07, 6.45) is 0.788. The van der Waals surface area contributed by atoms with Crippen molar-refractivity contribution in [3.63, 3.8) is 0 Å². The molecule has 5 rings (SSSR count). The molecule has 2 heterocycles. The van der Waals surface area contributed by atoms with E-state index >= 15 is 0 Å². The number of rotatable bonds is 6. The first-order chi connectivity index (χ1) is 16.6. The lowest BCUT2D eigenvalue weighted by atomic mass is 10.1. The van der Waals surface area contributed by atoms with Gasteiger partial charge < -0.3 is 10.2 Å². The highest BCUT2D eigenvalue weighted by Gasteiger charge is 2.22. The highest BCUT2D eigenvalue weighted by atomic mass is 32.2. The minimum Gasteiger partial charge on any atom is -0.325 e. The summed E-state index contributed by atoms with van der Waals surface area (Å²) in [6.45, 7) is 2.25. The number of para-hydroxylation sites is 1. The first-order valence-electron chi connectivity index (χ1n) is 11.0. The van der Waals surface area contributed by atoms with Crippen molar-refractivity contribution in [3.8, 4) is 17.1 Å².